The van der Waals surface area contributed by atoms with Crippen molar-refractivity contribution in [3.8, 4) is 0 Å². The number of aliphatic imine (C=N–C) groups is 1. The first-order valence-electron chi connectivity index (χ1n) is 8.88. The van der Waals surface area contributed by atoms with Crippen LogP contribution in [0, 0.1) is 11.8 Å². The lowest BCUT2D eigenvalue weighted by Gasteiger charge is -2.13. The minimum Gasteiger partial charge on any atom is -0.357 e. The Morgan fingerprint density at radius 1 is 1.17 bits per heavy atom. The summed E-state index contributed by atoms with van der Waals surface area (Å²) in [5.74, 6) is 1.46. The number of hydrogen-bond acceptors (Lipinski definition) is 2. The van der Waals surface area contributed by atoms with Gasteiger partial charge in [-0.05, 0) is 37.0 Å². The van der Waals surface area contributed by atoms with Gasteiger partial charge in [0.15, 0.2) is 5.96 Å². The molecule has 1 aromatic carbocycles. The summed E-state index contributed by atoms with van der Waals surface area (Å²) in [6.07, 6.45) is 0.837. The second-order valence-corrected chi connectivity index (χ2v) is 6.47. The summed E-state index contributed by atoms with van der Waals surface area (Å²) in [6, 6.07) is 7.87. The largest absolute Gasteiger partial charge is 0.357 e. The van der Waals surface area contributed by atoms with Gasteiger partial charge in [0.05, 0.1) is 6.54 Å². The third-order valence-electron chi connectivity index (χ3n) is 3.70. The van der Waals surface area contributed by atoms with Crippen LogP contribution in [0.15, 0.2) is 29.3 Å². The lowest BCUT2D eigenvalue weighted by Crippen LogP contribution is -2.39. The van der Waals surface area contributed by atoms with Crippen LogP contribution in [0.4, 0.5) is 5.69 Å². The molecule has 1 atom stereocenters. The summed E-state index contributed by atoms with van der Waals surface area (Å²) in [5.41, 5.74) is 1.90. The van der Waals surface area contributed by atoms with E-state index < -0.39 is 0 Å². The van der Waals surface area contributed by atoms with E-state index in [0.29, 0.717) is 12.5 Å². The van der Waals surface area contributed by atoms with E-state index in [1.807, 2.05) is 38.1 Å². The summed E-state index contributed by atoms with van der Waals surface area (Å²) in [7, 11) is 0. The van der Waals surface area contributed by atoms with E-state index in [0.717, 1.165) is 36.7 Å². The van der Waals surface area contributed by atoms with Crippen molar-refractivity contribution in [1.29, 1.82) is 0 Å². The zero-order valence-electron chi connectivity index (χ0n) is 15.6. The van der Waals surface area contributed by atoms with Crippen LogP contribution in [-0.2, 0) is 11.3 Å². The molecule has 3 N–H and O–H groups in total. The van der Waals surface area contributed by atoms with Crippen molar-refractivity contribution < 1.29 is 4.79 Å². The van der Waals surface area contributed by atoms with Crippen LogP contribution in [0.2, 0.25) is 0 Å². The second-order valence-electron chi connectivity index (χ2n) is 6.47. The molecule has 0 aliphatic rings. The zero-order chi connectivity index (χ0) is 17.9. The summed E-state index contributed by atoms with van der Waals surface area (Å²) in [5, 5.41) is 9.54. The van der Waals surface area contributed by atoms with Crippen LogP contribution in [0.25, 0.3) is 0 Å². The van der Waals surface area contributed by atoms with Crippen LogP contribution in [0.5, 0.6) is 0 Å². The minimum absolute atomic E-state index is 0.0206. The lowest BCUT2D eigenvalue weighted by molar-refractivity contribution is -0.119. The molecule has 0 saturated carbocycles. The quantitative estimate of drug-likeness (QED) is 0.505. The van der Waals surface area contributed by atoms with Crippen molar-refractivity contribution in [3.05, 3.63) is 29.8 Å². The monoisotopic (exact) mass is 332 g/mol. The lowest BCUT2D eigenvalue weighted by atomic mass is 10.1. The van der Waals surface area contributed by atoms with Gasteiger partial charge in [-0.1, -0.05) is 39.8 Å². The number of guanidine groups is 1. The number of nitrogens with one attached hydrogen (secondary N) is 3. The maximum atomic E-state index is 12.0. The fourth-order valence-corrected chi connectivity index (χ4v) is 2.01. The maximum absolute atomic E-state index is 12.0. The third kappa shape index (κ3) is 7.49. The smallest absolute Gasteiger partial charge is 0.227 e. The average molecular weight is 332 g/mol. The van der Waals surface area contributed by atoms with E-state index in [4.69, 9.17) is 0 Å². The van der Waals surface area contributed by atoms with E-state index in [-0.39, 0.29) is 11.8 Å². The number of hydrogen-bond donors (Lipinski definition) is 3. The number of nitrogens with zero attached hydrogens (tertiary/aromatic N) is 1. The number of amides is 1. The zero-order valence-corrected chi connectivity index (χ0v) is 15.6. The summed E-state index contributed by atoms with van der Waals surface area (Å²) >= 11 is 0. The normalized spacial score (nSPS) is 12.8. The summed E-state index contributed by atoms with van der Waals surface area (Å²) in [4.78, 5) is 16.6. The molecule has 5 heteroatoms. The molecule has 0 bridgehead atoms. The van der Waals surface area contributed by atoms with Crippen molar-refractivity contribution in [1.82, 2.24) is 10.6 Å². The van der Waals surface area contributed by atoms with Crippen LogP contribution in [0.3, 0.4) is 0 Å². The molecule has 0 aliphatic carbocycles. The number of rotatable bonds is 8. The fourth-order valence-electron chi connectivity index (χ4n) is 2.01. The van der Waals surface area contributed by atoms with Gasteiger partial charge in [-0.25, -0.2) is 4.99 Å². The molecule has 0 heterocycles. The van der Waals surface area contributed by atoms with Gasteiger partial charge in [0.25, 0.3) is 0 Å². The van der Waals surface area contributed by atoms with Gasteiger partial charge < -0.3 is 16.0 Å². The molecule has 0 saturated heterocycles. The second kappa shape index (κ2) is 10.7. The molecule has 0 spiro atoms. The summed E-state index contributed by atoms with van der Waals surface area (Å²) in [6.45, 7) is 12.6. The van der Waals surface area contributed by atoms with Crippen LogP contribution >= 0.6 is 0 Å². The molecule has 24 heavy (non-hydrogen) atoms. The van der Waals surface area contributed by atoms with Gasteiger partial charge in [-0.3, -0.25) is 4.79 Å². The summed E-state index contributed by atoms with van der Waals surface area (Å²) < 4.78 is 0. The first-order valence-corrected chi connectivity index (χ1v) is 8.88. The first-order chi connectivity index (χ1) is 11.5. The fraction of sp³-hybridized carbons (Fsp3) is 0.579. The number of anilines is 1. The molecule has 0 aliphatic heterocycles. The molecule has 5 nitrogen and oxygen atoms in total. The van der Waals surface area contributed by atoms with Gasteiger partial charge >= 0.3 is 0 Å². The highest BCUT2D eigenvalue weighted by Gasteiger charge is 2.10. The Balaban J connectivity index is 2.70. The highest BCUT2D eigenvalue weighted by molar-refractivity contribution is 5.92. The van der Waals surface area contributed by atoms with E-state index in [1.54, 1.807) is 0 Å². The van der Waals surface area contributed by atoms with Crippen LogP contribution in [-0.4, -0.2) is 25.0 Å². The van der Waals surface area contributed by atoms with Crippen LogP contribution < -0.4 is 16.0 Å². The van der Waals surface area contributed by atoms with Crippen LogP contribution in [0.1, 0.15) is 46.6 Å². The standard InChI is InChI=1S/C19H32N4O/c1-6-15(5)18(24)23-17-10-8-9-16(11-17)13-22-19(20-7-2)21-12-14(3)4/h8-11,14-15H,6-7,12-13H2,1-5H3,(H,23,24)(H2,20,21,22). The Morgan fingerprint density at radius 2 is 1.92 bits per heavy atom. The number of carbonyl (C=O) groups excluding carboxylic acids is 1. The van der Waals surface area contributed by atoms with Crippen molar-refractivity contribution in [2.24, 2.45) is 16.8 Å². The van der Waals surface area contributed by atoms with Crippen molar-refractivity contribution in [2.75, 3.05) is 18.4 Å². The molecule has 1 amide bonds. The predicted octanol–water partition coefficient (Wildman–Crippen LogP) is 3.38. The third-order valence-corrected chi connectivity index (χ3v) is 3.70. The van der Waals surface area contributed by atoms with Gasteiger partial charge in [-0.15, -0.1) is 0 Å². The van der Waals surface area contributed by atoms with Crippen molar-refractivity contribution in [2.45, 2.75) is 47.6 Å². The van der Waals surface area contributed by atoms with Gasteiger partial charge in [0.1, 0.15) is 0 Å². The molecule has 1 unspecified atom stereocenters. The van der Waals surface area contributed by atoms with Gasteiger partial charge in [0, 0.05) is 24.7 Å². The molecule has 1 aromatic rings. The number of carbonyl (C=O) groups is 1. The van der Waals surface area contributed by atoms with Gasteiger partial charge in [0.2, 0.25) is 5.91 Å². The molecular formula is C19H32N4O. The topological polar surface area (TPSA) is 65.5 Å². The van der Waals surface area contributed by atoms with Crippen molar-refractivity contribution in [3.63, 3.8) is 0 Å². The van der Waals surface area contributed by atoms with E-state index >= 15 is 0 Å². The van der Waals surface area contributed by atoms with E-state index in [9.17, 15) is 4.79 Å². The number of benzene rings is 1. The Morgan fingerprint density at radius 3 is 2.54 bits per heavy atom. The van der Waals surface area contributed by atoms with Gasteiger partial charge in [-0.2, -0.15) is 0 Å². The Hall–Kier alpha value is -2.04. The Labute approximate surface area is 146 Å². The highest BCUT2D eigenvalue weighted by atomic mass is 16.1. The van der Waals surface area contributed by atoms with E-state index in [2.05, 4.69) is 41.7 Å². The Kier molecular flexibility index (Phi) is 8.90. The average Bonchev–Trinajstić information content (AvgIpc) is 2.56. The predicted molar refractivity (Wildman–Crippen MR) is 102 cm³/mol. The molecule has 134 valence electrons. The molecule has 0 radical (unpaired) electrons. The van der Waals surface area contributed by atoms with E-state index in [1.165, 1.54) is 0 Å². The first kappa shape index (κ1) is 20.0. The molecule has 0 fully saturated rings. The van der Waals surface area contributed by atoms with Crippen molar-refractivity contribution >= 4 is 17.6 Å². The minimum atomic E-state index is 0.0206. The molecule has 0 aromatic heterocycles. The molecule has 1 rings (SSSR count). The highest BCUT2D eigenvalue weighted by Crippen LogP contribution is 2.13. The Bertz CT molecular complexity index is 540. The molecular weight excluding hydrogens is 300 g/mol. The maximum Gasteiger partial charge on any atom is 0.227 e. The SMILES string of the molecule is CCNC(=NCc1cccc(NC(=O)C(C)CC)c1)NCC(C)C.